The van der Waals surface area contributed by atoms with Crippen molar-refractivity contribution in [2.75, 3.05) is 0 Å². The van der Waals surface area contributed by atoms with Crippen molar-refractivity contribution in [2.24, 2.45) is 5.92 Å². The molecule has 170 valence electrons. The van der Waals surface area contributed by atoms with Crippen LogP contribution >= 0.6 is 0 Å². The van der Waals surface area contributed by atoms with Crippen LogP contribution in [0.1, 0.15) is 51.6 Å². The number of ether oxygens (including phenoxy) is 2. The van der Waals surface area contributed by atoms with Gasteiger partial charge in [-0.2, -0.15) is 0 Å². The topological polar surface area (TPSA) is 78.4 Å². The van der Waals surface area contributed by atoms with Crippen LogP contribution in [0, 0.1) is 5.92 Å². The summed E-state index contributed by atoms with van der Waals surface area (Å²) in [5.74, 6) is 0.477. The Bertz CT molecular complexity index is 1140. The fourth-order valence-corrected chi connectivity index (χ4v) is 3.75. The van der Waals surface area contributed by atoms with E-state index in [-0.39, 0.29) is 5.92 Å². The average molecular weight is 453 g/mol. The zero-order chi connectivity index (χ0) is 23.9. The molecule has 0 fully saturated rings. The van der Waals surface area contributed by atoms with E-state index in [4.69, 9.17) is 9.47 Å². The molecule has 0 bridgehead atoms. The van der Waals surface area contributed by atoms with Crippen LogP contribution in [0.5, 0.6) is 11.5 Å². The van der Waals surface area contributed by atoms with Crippen molar-refractivity contribution in [2.45, 2.75) is 19.8 Å². The van der Waals surface area contributed by atoms with E-state index in [0.29, 0.717) is 28.5 Å². The predicted molar refractivity (Wildman–Crippen MR) is 128 cm³/mol. The summed E-state index contributed by atoms with van der Waals surface area (Å²) in [6, 6.07) is 21.7. The molecular formula is C28H24N2O4. The Hall–Kier alpha value is -4.32. The predicted octanol–water partition coefficient (Wildman–Crippen LogP) is 5.70. The summed E-state index contributed by atoms with van der Waals surface area (Å²) in [6.45, 7) is 4.30. The lowest BCUT2D eigenvalue weighted by atomic mass is 9.82. The Morgan fingerprint density at radius 3 is 1.38 bits per heavy atom. The van der Waals surface area contributed by atoms with Gasteiger partial charge in [0.05, 0.1) is 11.1 Å². The van der Waals surface area contributed by atoms with Crippen LogP contribution in [0.3, 0.4) is 0 Å². The summed E-state index contributed by atoms with van der Waals surface area (Å²) >= 11 is 0. The minimum absolute atomic E-state index is 0.117. The molecule has 6 nitrogen and oxygen atoms in total. The average Bonchev–Trinajstić information content (AvgIpc) is 2.87. The molecule has 2 aromatic heterocycles. The molecule has 4 rings (SSSR count). The molecule has 0 aliphatic heterocycles. The van der Waals surface area contributed by atoms with Crippen molar-refractivity contribution >= 4 is 11.9 Å². The second-order valence-corrected chi connectivity index (χ2v) is 8.12. The first kappa shape index (κ1) is 22.9. The molecule has 0 saturated carbocycles. The molecule has 6 heteroatoms. The molecule has 0 radical (unpaired) electrons. The van der Waals surface area contributed by atoms with Gasteiger partial charge in [0.1, 0.15) is 11.5 Å². The summed E-state index contributed by atoms with van der Waals surface area (Å²) in [5, 5.41) is 0. The molecule has 0 unspecified atom stereocenters. The highest BCUT2D eigenvalue weighted by atomic mass is 16.5. The number of aromatic nitrogens is 2. The fourth-order valence-electron chi connectivity index (χ4n) is 3.75. The Balaban J connectivity index is 1.46. The van der Waals surface area contributed by atoms with Gasteiger partial charge in [-0.25, -0.2) is 9.59 Å². The largest absolute Gasteiger partial charge is 0.423 e. The second kappa shape index (κ2) is 10.5. The van der Waals surface area contributed by atoms with Crippen LogP contribution in [0.4, 0.5) is 0 Å². The number of rotatable bonds is 7. The van der Waals surface area contributed by atoms with Crippen LogP contribution in [-0.4, -0.2) is 21.9 Å². The Morgan fingerprint density at radius 1 is 0.647 bits per heavy atom. The molecule has 0 spiro atoms. The third kappa shape index (κ3) is 5.53. The molecule has 0 saturated heterocycles. The van der Waals surface area contributed by atoms with Gasteiger partial charge in [-0.3, -0.25) is 9.97 Å². The molecule has 2 aromatic carbocycles. The highest BCUT2D eigenvalue weighted by Crippen LogP contribution is 2.33. The highest BCUT2D eigenvalue weighted by molar-refractivity contribution is 5.91. The summed E-state index contributed by atoms with van der Waals surface area (Å²) in [5.41, 5.74) is 2.99. The van der Waals surface area contributed by atoms with Gasteiger partial charge in [-0.15, -0.1) is 0 Å². The zero-order valence-corrected chi connectivity index (χ0v) is 18.9. The van der Waals surface area contributed by atoms with Crippen molar-refractivity contribution < 1.29 is 19.1 Å². The lowest BCUT2D eigenvalue weighted by molar-refractivity contribution is 0.0724. The molecule has 0 atom stereocenters. The highest BCUT2D eigenvalue weighted by Gasteiger charge is 2.19. The van der Waals surface area contributed by atoms with Crippen LogP contribution in [0.25, 0.3) is 0 Å². The van der Waals surface area contributed by atoms with Gasteiger partial charge in [-0.05, 0) is 65.6 Å². The molecule has 0 aliphatic carbocycles. The number of hydrogen-bond donors (Lipinski definition) is 0. The van der Waals surface area contributed by atoms with E-state index in [9.17, 15) is 9.59 Å². The standard InChI is InChI=1S/C28H24N2O4/c1-19(2)26(20-7-11-24(12-8-20)33-27(31)22-5-3-15-29-17-22)21-9-13-25(14-10-21)34-28(32)23-6-4-16-30-18-23/h3-19,26H,1-2H3. The molecule has 0 aliphatic rings. The first-order valence-corrected chi connectivity index (χ1v) is 11.0. The fraction of sp³-hybridized carbons (Fsp3) is 0.143. The van der Waals surface area contributed by atoms with Crippen molar-refractivity contribution in [3.8, 4) is 11.5 Å². The molecule has 0 amide bonds. The minimum atomic E-state index is -0.447. The first-order chi connectivity index (χ1) is 16.5. The Labute approximate surface area is 198 Å². The van der Waals surface area contributed by atoms with Crippen molar-refractivity contribution in [3.63, 3.8) is 0 Å². The maximum absolute atomic E-state index is 12.3. The van der Waals surface area contributed by atoms with E-state index in [0.717, 1.165) is 11.1 Å². The first-order valence-electron chi connectivity index (χ1n) is 11.0. The molecule has 0 N–H and O–H groups in total. The lowest BCUT2D eigenvalue weighted by Gasteiger charge is -2.22. The van der Waals surface area contributed by atoms with E-state index in [1.165, 1.54) is 12.4 Å². The van der Waals surface area contributed by atoms with E-state index >= 15 is 0 Å². The van der Waals surface area contributed by atoms with Gasteiger partial charge in [0.25, 0.3) is 0 Å². The number of carbonyl (C=O) groups is 2. The van der Waals surface area contributed by atoms with Crippen LogP contribution in [-0.2, 0) is 0 Å². The number of hydrogen-bond acceptors (Lipinski definition) is 6. The molecular weight excluding hydrogens is 428 g/mol. The zero-order valence-electron chi connectivity index (χ0n) is 18.9. The van der Waals surface area contributed by atoms with E-state index in [1.807, 2.05) is 24.3 Å². The quantitative estimate of drug-likeness (QED) is 0.264. The van der Waals surface area contributed by atoms with Crippen molar-refractivity contribution in [1.29, 1.82) is 0 Å². The summed E-state index contributed by atoms with van der Waals surface area (Å²) in [4.78, 5) is 32.4. The van der Waals surface area contributed by atoms with Gasteiger partial charge >= 0.3 is 11.9 Å². The Morgan fingerprint density at radius 2 is 1.06 bits per heavy atom. The third-order valence-electron chi connectivity index (χ3n) is 5.36. The SMILES string of the molecule is CC(C)C(c1ccc(OC(=O)c2cccnc2)cc1)c1ccc(OC(=O)c2cccnc2)cc1. The summed E-state index contributed by atoms with van der Waals surface area (Å²) in [6.07, 6.45) is 6.16. The van der Waals surface area contributed by atoms with E-state index < -0.39 is 11.9 Å². The monoisotopic (exact) mass is 452 g/mol. The van der Waals surface area contributed by atoms with Gasteiger partial charge in [-0.1, -0.05) is 38.1 Å². The smallest absolute Gasteiger partial charge is 0.345 e. The number of esters is 2. The van der Waals surface area contributed by atoms with Gasteiger partial charge in [0.15, 0.2) is 0 Å². The third-order valence-corrected chi connectivity index (χ3v) is 5.36. The number of nitrogens with zero attached hydrogens (tertiary/aromatic N) is 2. The lowest BCUT2D eigenvalue weighted by Crippen LogP contribution is -2.11. The molecule has 34 heavy (non-hydrogen) atoms. The van der Waals surface area contributed by atoms with E-state index in [1.54, 1.807) is 60.9 Å². The van der Waals surface area contributed by atoms with Gasteiger partial charge < -0.3 is 9.47 Å². The van der Waals surface area contributed by atoms with Crippen LogP contribution in [0.15, 0.2) is 97.6 Å². The number of pyridine rings is 2. The Kier molecular flexibility index (Phi) is 7.08. The van der Waals surface area contributed by atoms with E-state index in [2.05, 4.69) is 23.8 Å². The molecule has 2 heterocycles. The van der Waals surface area contributed by atoms with Gasteiger partial charge in [0, 0.05) is 30.7 Å². The molecule has 4 aromatic rings. The van der Waals surface area contributed by atoms with Crippen LogP contribution in [0.2, 0.25) is 0 Å². The summed E-state index contributed by atoms with van der Waals surface area (Å²) < 4.78 is 10.9. The number of carbonyl (C=O) groups excluding carboxylic acids is 2. The van der Waals surface area contributed by atoms with Crippen LogP contribution < -0.4 is 9.47 Å². The van der Waals surface area contributed by atoms with Gasteiger partial charge in [0.2, 0.25) is 0 Å². The maximum Gasteiger partial charge on any atom is 0.345 e. The maximum atomic E-state index is 12.3. The minimum Gasteiger partial charge on any atom is -0.423 e. The van der Waals surface area contributed by atoms with Crippen molar-refractivity contribution in [3.05, 3.63) is 120 Å². The number of benzene rings is 2. The normalized spacial score (nSPS) is 10.8. The summed E-state index contributed by atoms with van der Waals surface area (Å²) in [7, 11) is 0. The second-order valence-electron chi connectivity index (χ2n) is 8.12. The van der Waals surface area contributed by atoms with Crippen molar-refractivity contribution in [1.82, 2.24) is 9.97 Å².